The first-order chi connectivity index (χ1) is 13.8. The van der Waals surface area contributed by atoms with E-state index in [4.69, 9.17) is 5.11 Å². The summed E-state index contributed by atoms with van der Waals surface area (Å²) in [5, 5.41) is 13.9. The van der Waals surface area contributed by atoms with Crippen LogP contribution < -0.4 is 10.6 Å². The van der Waals surface area contributed by atoms with Crippen molar-refractivity contribution in [3.8, 4) is 0 Å². The molecule has 1 atom stereocenters. The molecule has 3 rings (SSSR count). The molecule has 1 aliphatic rings. The van der Waals surface area contributed by atoms with E-state index < -0.39 is 41.7 Å². The Balaban J connectivity index is 1.83. The fourth-order valence-electron chi connectivity index (χ4n) is 3.19. The molecule has 1 saturated heterocycles. The van der Waals surface area contributed by atoms with Gasteiger partial charge in [-0.1, -0.05) is 42.5 Å². The van der Waals surface area contributed by atoms with E-state index in [0.717, 1.165) is 6.07 Å². The molecule has 29 heavy (non-hydrogen) atoms. The van der Waals surface area contributed by atoms with E-state index >= 15 is 0 Å². The maximum atomic E-state index is 13.7. The molecule has 8 nitrogen and oxygen atoms in total. The molecule has 150 valence electrons. The van der Waals surface area contributed by atoms with Gasteiger partial charge in [0.2, 0.25) is 5.91 Å². The highest BCUT2D eigenvalue weighted by molar-refractivity contribution is 6.10. The predicted octanol–water partition coefficient (Wildman–Crippen LogP) is 2.08. The summed E-state index contributed by atoms with van der Waals surface area (Å²) in [4.78, 5) is 49.6. The number of rotatable bonds is 7. The number of anilines is 1. The van der Waals surface area contributed by atoms with Gasteiger partial charge in [-0.15, -0.1) is 0 Å². The molecule has 2 aromatic carbocycles. The van der Waals surface area contributed by atoms with Gasteiger partial charge in [-0.2, -0.15) is 0 Å². The molecule has 0 aromatic heterocycles. The van der Waals surface area contributed by atoms with Crippen molar-refractivity contribution in [3.05, 3.63) is 66.0 Å². The number of carbonyl (C=O) groups excluding carboxylic acids is 3. The molecule has 1 heterocycles. The van der Waals surface area contributed by atoms with Crippen LogP contribution in [-0.2, 0) is 19.9 Å². The SMILES string of the molecule is O=C(O)CC[C@]1(c2ccccc2)NC(=O)N(CC(=O)Nc2ccccc2F)C1=O. The van der Waals surface area contributed by atoms with E-state index in [1.165, 1.54) is 18.2 Å². The Kier molecular flexibility index (Phi) is 5.58. The molecule has 0 radical (unpaired) electrons. The number of para-hydroxylation sites is 1. The molecule has 9 heteroatoms. The van der Waals surface area contributed by atoms with Gasteiger partial charge in [-0.05, 0) is 24.1 Å². The van der Waals surface area contributed by atoms with Gasteiger partial charge < -0.3 is 15.7 Å². The van der Waals surface area contributed by atoms with Crippen LogP contribution in [0.15, 0.2) is 54.6 Å². The lowest BCUT2D eigenvalue weighted by Gasteiger charge is -2.26. The smallest absolute Gasteiger partial charge is 0.325 e. The lowest BCUT2D eigenvalue weighted by Crippen LogP contribution is -2.45. The Bertz CT molecular complexity index is 966. The first kappa shape index (κ1) is 20.0. The second-order valence-electron chi connectivity index (χ2n) is 6.51. The summed E-state index contributed by atoms with van der Waals surface area (Å²) in [6.07, 6.45) is -0.543. The fraction of sp³-hybridized carbons (Fsp3) is 0.200. The number of carbonyl (C=O) groups is 4. The third-order valence-corrected chi connectivity index (χ3v) is 4.61. The molecule has 0 unspecified atom stereocenters. The molecule has 0 spiro atoms. The van der Waals surface area contributed by atoms with E-state index in [9.17, 15) is 23.6 Å². The number of carboxylic acids is 1. The van der Waals surface area contributed by atoms with E-state index in [2.05, 4.69) is 10.6 Å². The maximum absolute atomic E-state index is 13.7. The molecule has 0 saturated carbocycles. The highest BCUT2D eigenvalue weighted by atomic mass is 19.1. The van der Waals surface area contributed by atoms with Crippen LogP contribution in [0.5, 0.6) is 0 Å². The van der Waals surface area contributed by atoms with Crippen molar-refractivity contribution in [1.82, 2.24) is 10.2 Å². The van der Waals surface area contributed by atoms with Crippen LogP contribution in [0.3, 0.4) is 0 Å². The number of hydrogen-bond donors (Lipinski definition) is 3. The standard InChI is InChI=1S/C20H18FN3O5/c21-14-8-4-5-9-15(14)22-16(25)12-24-18(28)20(23-19(24)29,11-10-17(26)27)13-6-2-1-3-7-13/h1-9H,10-12H2,(H,22,25)(H,23,29)(H,26,27)/t20-/m1/s1. The quantitative estimate of drug-likeness (QED) is 0.617. The third-order valence-electron chi connectivity index (χ3n) is 4.61. The average molecular weight is 399 g/mol. The molecule has 0 aliphatic carbocycles. The van der Waals surface area contributed by atoms with Crippen LogP contribution in [0.25, 0.3) is 0 Å². The van der Waals surface area contributed by atoms with E-state index in [0.29, 0.717) is 10.5 Å². The fourth-order valence-corrected chi connectivity index (χ4v) is 3.19. The largest absolute Gasteiger partial charge is 0.481 e. The summed E-state index contributed by atoms with van der Waals surface area (Å²) in [6.45, 7) is -0.638. The van der Waals surface area contributed by atoms with E-state index in [1.807, 2.05) is 0 Å². The van der Waals surface area contributed by atoms with Crippen LogP contribution in [-0.4, -0.2) is 40.4 Å². The molecular weight excluding hydrogens is 381 g/mol. The van der Waals surface area contributed by atoms with Crippen LogP contribution in [0.2, 0.25) is 0 Å². The number of nitrogens with zero attached hydrogens (tertiary/aromatic N) is 1. The van der Waals surface area contributed by atoms with Crippen molar-refractivity contribution in [2.45, 2.75) is 18.4 Å². The summed E-state index contributed by atoms with van der Waals surface area (Å²) >= 11 is 0. The number of imide groups is 1. The molecule has 0 bridgehead atoms. The van der Waals surface area contributed by atoms with Gasteiger partial charge >= 0.3 is 12.0 Å². The van der Waals surface area contributed by atoms with Gasteiger partial charge in [0, 0.05) is 6.42 Å². The van der Waals surface area contributed by atoms with E-state index in [-0.39, 0.29) is 18.5 Å². The van der Waals surface area contributed by atoms with Crippen molar-refractivity contribution >= 4 is 29.5 Å². The van der Waals surface area contributed by atoms with Crippen molar-refractivity contribution in [2.75, 3.05) is 11.9 Å². The first-order valence-corrected chi connectivity index (χ1v) is 8.79. The number of aliphatic carboxylic acids is 1. The van der Waals surface area contributed by atoms with Crippen molar-refractivity contribution in [2.24, 2.45) is 0 Å². The number of hydrogen-bond acceptors (Lipinski definition) is 4. The van der Waals surface area contributed by atoms with Gasteiger partial charge in [0.15, 0.2) is 0 Å². The number of carboxylic acid groups (broad SMARTS) is 1. The van der Waals surface area contributed by atoms with Crippen molar-refractivity contribution < 1.29 is 28.7 Å². The van der Waals surface area contributed by atoms with Crippen LogP contribution >= 0.6 is 0 Å². The lowest BCUT2D eigenvalue weighted by molar-refractivity contribution is -0.138. The minimum Gasteiger partial charge on any atom is -0.481 e. The zero-order valence-corrected chi connectivity index (χ0v) is 15.2. The first-order valence-electron chi connectivity index (χ1n) is 8.79. The van der Waals surface area contributed by atoms with Crippen LogP contribution in [0, 0.1) is 5.82 Å². The van der Waals surface area contributed by atoms with Gasteiger partial charge in [-0.3, -0.25) is 19.3 Å². The second kappa shape index (κ2) is 8.09. The van der Waals surface area contributed by atoms with Crippen molar-refractivity contribution in [3.63, 3.8) is 0 Å². The van der Waals surface area contributed by atoms with Gasteiger partial charge in [0.05, 0.1) is 5.69 Å². The Morgan fingerprint density at radius 3 is 2.38 bits per heavy atom. The molecule has 1 fully saturated rings. The minimum atomic E-state index is -1.59. The Morgan fingerprint density at radius 2 is 1.72 bits per heavy atom. The zero-order chi connectivity index (χ0) is 21.0. The number of amides is 4. The Morgan fingerprint density at radius 1 is 1.07 bits per heavy atom. The molecule has 1 aliphatic heterocycles. The third kappa shape index (κ3) is 4.08. The van der Waals surface area contributed by atoms with Crippen LogP contribution in [0.1, 0.15) is 18.4 Å². The molecule has 2 aromatic rings. The lowest BCUT2D eigenvalue weighted by atomic mass is 9.85. The van der Waals surface area contributed by atoms with Gasteiger partial charge in [0.25, 0.3) is 5.91 Å². The molecule has 4 amide bonds. The normalized spacial score (nSPS) is 18.4. The summed E-state index contributed by atoms with van der Waals surface area (Å²) in [6, 6.07) is 12.9. The summed E-state index contributed by atoms with van der Waals surface area (Å²) in [5.74, 6) is -3.28. The average Bonchev–Trinajstić information content (AvgIpc) is 2.94. The number of halogens is 1. The maximum Gasteiger partial charge on any atom is 0.325 e. The minimum absolute atomic E-state index is 0.0789. The highest BCUT2D eigenvalue weighted by Crippen LogP contribution is 2.33. The van der Waals surface area contributed by atoms with Gasteiger partial charge in [-0.25, -0.2) is 9.18 Å². The Labute approximate surface area is 165 Å². The monoisotopic (exact) mass is 399 g/mol. The summed E-state index contributed by atoms with van der Waals surface area (Å²) in [7, 11) is 0. The summed E-state index contributed by atoms with van der Waals surface area (Å²) < 4.78 is 13.7. The van der Waals surface area contributed by atoms with Crippen molar-refractivity contribution in [1.29, 1.82) is 0 Å². The van der Waals surface area contributed by atoms with Gasteiger partial charge in [0.1, 0.15) is 17.9 Å². The number of benzene rings is 2. The summed E-state index contributed by atoms with van der Waals surface area (Å²) in [5.41, 5.74) is -1.25. The van der Waals surface area contributed by atoms with Crippen LogP contribution in [0.4, 0.5) is 14.9 Å². The zero-order valence-electron chi connectivity index (χ0n) is 15.2. The number of urea groups is 1. The molecular formula is C20H18FN3O5. The Hall–Kier alpha value is -3.75. The predicted molar refractivity (Wildman–Crippen MR) is 100 cm³/mol. The number of nitrogens with one attached hydrogen (secondary N) is 2. The molecule has 3 N–H and O–H groups in total. The topological polar surface area (TPSA) is 116 Å². The second-order valence-corrected chi connectivity index (χ2v) is 6.51. The highest BCUT2D eigenvalue weighted by Gasteiger charge is 2.52. The van der Waals surface area contributed by atoms with E-state index in [1.54, 1.807) is 30.3 Å².